The molecule has 1 saturated heterocycles. The highest BCUT2D eigenvalue weighted by atomic mass is 16.6. The zero-order valence-corrected chi connectivity index (χ0v) is 13.7. The molecule has 0 aliphatic carbocycles. The van der Waals surface area contributed by atoms with Gasteiger partial charge in [-0.05, 0) is 38.3 Å². The van der Waals surface area contributed by atoms with E-state index in [1.807, 2.05) is 25.7 Å². The maximum absolute atomic E-state index is 12.0. The van der Waals surface area contributed by atoms with Crippen molar-refractivity contribution in [3.63, 3.8) is 0 Å². The Kier molecular flexibility index (Phi) is 5.20. The van der Waals surface area contributed by atoms with Crippen molar-refractivity contribution < 1.29 is 14.8 Å². The second-order valence-corrected chi connectivity index (χ2v) is 6.37. The molecule has 1 aromatic carbocycles. The summed E-state index contributed by atoms with van der Waals surface area (Å²) in [5.74, 6) is -0.150. The van der Waals surface area contributed by atoms with E-state index in [-0.39, 0.29) is 29.1 Å². The zero-order chi connectivity index (χ0) is 17.1. The Bertz CT molecular complexity index is 603. The molecule has 2 unspecified atom stereocenters. The molecule has 2 atom stereocenters. The average Bonchev–Trinajstić information content (AvgIpc) is 2.48. The number of nitro benzene ring substituents is 1. The lowest BCUT2D eigenvalue weighted by Crippen LogP contribution is -2.43. The van der Waals surface area contributed by atoms with Gasteiger partial charge in [0.1, 0.15) is 5.69 Å². The highest BCUT2D eigenvalue weighted by Gasteiger charge is 2.29. The number of carbonyl (C=O) groups excluding carboxylic acids is 1. The van der Waals surface area contributed by atoms with E-state index < -0.39 is 11.0 Å². The van der Waals surface area contributed by atoms with Crippen molar-refractivity contribution in [1.82, 2.24) is 5.32 Å². The largest absolute Gasteiger partial charge is 0.391 e. The van der Waals surface area contributed by atoms with E-state index in [4.69, 9.17) is 0 Å². The van der Waals surface area contributed by atoms with Gasteiger partial charge in [0.25, 0.3) is 11.6 Å². The first-order valence-electron chi connectivity index (χ1n) is 7.82. The van der Waals surface area contributed by atoms with Gasteiger partial charge in [-0.3, -0.25) is 14.9 Å². The van der Waals surface area contributed by atoms with Crippen LogP contribution < -0.4 is 10.2 Å². The topological polar surface area (TPSA) is 95.7 Å². The molecule has 1 aliphatic heterocycles. The van der Waals surface area contributed by atoms with Gasteiger partial charge in [0.15, 0.2) is 0 Å². The molecule has 23 heavy (non-hydrogen) atoms. The number of hydrogen-bond donors (Lipinski definition) is 2. The van der Waals surface area contributed by atoms with E-state index >= 15 is 0 Å². The maximum atomic E-state index is 12.0. The Labute approximate surface area is 135 Å². The van der Waals surface area contributed by atoms with Crippen LogP contribution in [0.3, 0.4) is 0 Å². The van der Waals surface area contributed by atoms with Crippen molar-refractivity contribution in [2.45, 2.75) is 39.3 Å². The third-order valence-corrected chi connectivity index (χ3v) is 4.11. The van der Waals surface area contributed by atoms with Crippen LogP contribution in [0.15, 0.2) is 18.2 Å². The minimum absolute atomic E-state index is 0.0417. The molecule has 1 aromatic rings. The van der Waals surface area contributed by atoms with Crippen LogP contribution in [0.5, 0.6) is 0 Å². The third kappa shape index (κ3) is 3.98. The molecule has 0 saturated carbocycles. The predicted octanol–water partition coefficient (Wildman–Crippen LogP) is 1.94. The van der Waals surface area contributed by atoms with E-state index in [0.29, 0.717) is 18.8 Å². The number of aliphatic hydroxyl groups is 1. The first-order valence-corrected chi connectivity index (χ1v) is 7.82. The molecule has 126 valence electrons. The summed E-state index contributed by atoms with van der Waals surface area (Å²) in [6.07, 6.45) is 0.265. The number of aliphatic hydroxyl groups excluding tert-OH is 1. The highest BCUT2D eigenvalue weighted by molar-refractivity contribution is 5.96. The van der Waals surface area contributed by atoms with Crippen LogP contribution in [0.2, 0.25) is 0 Å². The number of hydrogen-bond acceptors (Lipinski definition) is 5. The molecule has 1 aliphatic rings. The molecular formula is C16H23N3O4. The molecule has 7 nitrogen and oxygen atoms in total. The molecule has 7 heteroatoms. The number of nitrogens with one attached hydrogen (secondary N) is 1. The summed E-state index contributed by atoms with van der Waals surface area (Å²) in [5, 5.41) is 24.1. The summed E-state index contributed by atoms with van der Waals surface area (Å²) in [6.45, 7) is 6.64. The zero-order valence-electron chi connectivity index (χ0n) is 13.7. The molecule has 1 fully saturated rings. The number of amides is 1. The number of carbonyl (C=O) groups is 1. The molecule has 0 aromatic heterocycles. The molecule has 0 spiro atoms. The van der Waals surface area contributed by atoms with Crippen LogP contribution in [-0.4, -0.2) is 41.2 Å². The third-order valence-electron chi connectivity index (χ3n) is 4.11. The predicted molar refractivity (Wildman–Crippen MR) is 87.7 cm³/mol. The van der Waals surface area contributed by atoms with Gasteiger partial charge in [0.2, 0.25) is 0 Å². The van der Waals surface area contributed by atoms with Gasteiger partial charge in [-0.15, -0.1) is 0 Å². The summed E-state index contributed by atoms with van der Waals surface area (Å²) >= 11 is 0. The van der Waals surface area contributed by atoms with Crippen LogP contribution in [0.4, 0.5) is 11.4 Å². The Morgan fingerprint density at radius 2 is 2.17 bits per heavy atom. The van der Waals surface area contributed by atoms with Crippen LogP contribution in [0.1, 0.15) is 37.6 Å². The fourth-order valence-corrected chi connectivity index (χ4v) is 2.69. The quantitative estimate of drug-likeness (QED) is 0.652. The van der Waals surface area contributed by atoms with E-state index in [1.54, 1.807) is 12.1 Å². The van der Waals surface area contributed by atoms with Crippen molar-refractivity contribution in [3.8, 4) is 0 Å². The van der Waals surface area contributed by atoms with Crippen LogP contribution in [0, 0.1) is 16.0 Å². The van der Waals surface area contributed by atoms with Crippen molar-refractivity contribution >= 4 is 17.3 Å². The van der Waals surface area contributed by atoms with Crippen molar-refractivity contribution in [2.24, 2.45) is 5.92 Å². The molecule has 0 radical (unpaired) electrons. The van der Waals surface area contributed by atoms with Crippen LogP contribution in [0.25, 0.3) is 0 Å². The first kappa shape index (κ1) is 17.2. The van der Waals surface area contributed by atoms with Gasteiger partial charge in [0.05, 0.1) is 11.0 Å². The van der Waals surface area contributed by atoms with Crippen LogP contribution in [-0.2, 0) is 0 Å². The number of rotatable bonds is 4. The Morgan fingerprint density at radius 1 is 1.48 bits per heavy atom. The number of nitro groups is 1. The molecular weight excluding hydrogens is 298 g/mol. The SMILES string of the molecule is CC(C)NC(=O)c1ccc(N2CCC(C)C(O)C2)c([N+](=O)[O-])c1. The monoisotopic (exact) mass is 321 g/mol. The Hall–Kier alpha value is -2.15. The minimum Gasteiger partial charge on any atom is -0.391 e. The summed E-state index contributed by atoms with van der Waals surface area (Å²) in [6, 6.07) is 4.44. The lowest BCUT2D eigenvalue weighted by atomic mass is 9.95. The summed E-state index contributed by atoms with van der Waals surface area (Å²) in [7, 11) is 0. The second-order valence-electron chi connectivity index (χ2n) is 6.37. The highest BCUT2D eigenvalue weighted by Crippen LogP contribution is 2.32. The average molecular weight is 321 g/mol. The maximum Gasteiger partial charge on any atom is 0.293 e. The van der Waals surface area contributed by atoms with Gasteiger partial charge in [-0.25, -0.2) is 0 Å². The van der Waals surface area contributed by atoms with E-state index in [1.165, 1.54) is 6.07 Å². The second kappa shape index (κ2) is 6.95. The number of anilines is 1. The van der Waals surface area contributed by atoms with Gasteiger partial charge in [-0.2, -0.15) is 0 Å². The fourth-order valence-electron chi connectivity index (χ4n) is 2.69. The first-order chi connectivity index (χ1) is 10.8. The van der Waals surface area contributed by atoms with E-state index in [9.17, 15) is 20.0 Å². The summed E-state index contributed by atoms with van der Waals surface area (Å²) in [5.41, 5.74) is 0.602. The van der Waals surface area contributed by atoms with Gasteiger partial charge in [-0.1, -0.05) is 6.92 Å². The van der Waals surface area contributed by atoms with Crippen molar-refractivity contribution in [3.05, 3.63) is 33.9 Å². The number of nitrogens with zero attached hydrogens (tertiary/aromatic N) is 2. The molecule has 1 heterocycles. The van der Waals surface area contributed by atoms with E-state index in [2.05, 4.69) is 5.32 Å². The van der Waals surface area contributed by atoms with Gasteiger partial charge < -0.3 is 15.3 Å². The fraction of sp³-hybridized carbons (Fsp3) is 0.562. The summed E-state index contributed by atoms with van der Waals surface area (Å²) in [4.78, 5) is 24.7. The van der Waals surface area contributed by atoms with Gasteiger partial charge >= 0.3 is 0 Å². The van der Waals surface area contributed by atoms with Crippen molar-refractivity contribution in [1.29, 1.82) is 0 Å². The van der Waals surface area contributed by atoms with Crippen molar-refractivity contribution in [2.75, 3.05) is 18.0 Å². The Balaban J connectivity index is 2.30. The standard InChI is InChI=1S/C16H23N3O4/c1-10(2)17-16(21)12-4-5-13(14(8-12)19(22)23)18-7-6-11(3)15(20)9-18/h4-5,8,10-11,15,20H,6-7,9H2,1-3H3,(H,17,21). The normalized spacial score (nSPS) is 21.3. The smallest absolute Gasteiger partial charge is 0.293 e. The van der Waals surface area contributed by atoms with E-state index in [0.717, 1.165) is 6.42 Å². The minimum atomic E-state index is -0.507. The van der Waals surface area contributed by atoms with Crippen LogP contribution >= 0.6 is 0 Å². The lowest BCUT2D eigenvalue weighted by molar-refractivity contribution is -0.384. The Morgan fingerprint density at radius 3 is 2.74 bits per heavy atom. The number of β-amino-alcohol motifs (C(OH)–C–C–N with tert-alkyl or cyclic N) is 1. The molecule has 2 rings (SSSR count). The number of piperidine rings is 1. The van der Waals surface area contributed by atoms with Gasteiger partial charge in [0, 0.05) is 30.8 Å². The summed E-state index contributed by atoms with van der Waals surface area (Å²) < 4.78 is 0. The lowest BCUT2D eigenvalue weighted by Gasteiger charge is -2.35. The molecule has 1 amide bonds. The molecule has 2 N–H and O–H groups in total. The molecule has 0 bridgehead atoms. The number of benzene rings is 1.